The van der Waals surface area contributed by atoms with Crippen LogP contribution in [0.4, 0.5) is 13.2 Å². The standard InChI is InChI=1S/C24H26FN5.C23H24F2N6O/c1-4-30-7-5-16(6-8-30)17-11-21(25)20-13-22(26-27-23(20)12-17)18-9-15(2)24-19(10-18)14-29(3)28-24;1-14-12-31-23(26-14)17(13-32)10-21(29-31)16-8-19(25)18-11-20(27-28-22(18)9-16)15-2-5-30(6-3-15)7-4-24/h9-14,16H,4-8H2,1-3H3;8-12,15,32H,2-7,13H2,1H3. The van der Waals surface area contributed by atoms with E-state index in [1.165, 1.54) is 6.07 Å². The van der Waals surface area contributed by atoms with E-state index < -0.39 is 5.82 Å². The van der Waals surface area contributed by atoms with Gasteiger partial charge in [-0.1, -0.05) is 6.92 Å². The lowest BCUT2D eigenvalue weighted by Crippen LogP contribution is -2.34. The van der Waals surface area contributed by atoms with E-state index in [1.54, 1.807) is 39.7 Å². The number of alkyl halides is 1. The number of halogens is 3. The number of fused-ring (bicyclic) bond motifs is 4. The van der Waals surface area contributed by atoms with Crippen LogP contribution < -0.4 is 0 Å². The molecule has 0 spiro atoms. The highest BCUT2D eigenvalue weighted by Crippen LogP contribution is 2.34. The largest absolute Gasteiger partial charge is 0.392 e. The topological polar surface area (TPSA) is 126 Å². The fourth-order valence-corrected chi connectivity index (χ4v) is 9.11. The molecule has 5 aromatic heterocycles. The number of hydrogen-bond acceptors (Lipinski definition) is 10. The van der Waals surface area contributed by atoms with E-state index in [9.17, 15) is 9.50 Å². The molecular formula is C47H50F3N11O. The number of rotatable bonds is 8. The average molecular weight is 842 g/mol. The van der Waals surface area contributed by atoms with Crippen molar-refractivity contribution in [2.24, 2.45) is 7.05 Å². The summed E-state index contributed by atoms with van der Waals surface area (Å²) in [6, 6.07) is 16.3. The van der Waals surface area contributed by atoms with Crippen LogP contribution in [0.5, 0.6) is 0 Å². The number of aliphatic hydroxyl groups excluding tert-OH is 1. The maximum Gasteiger partial charge on any atom is 0.159 e. The number of hydrogen-bond donors (Lipinski definition) is 1. The molecule has 0 unspecified atom stereocenters. The van der Waals surface area contributed by atoms with Gasteiger partial charge in [0.15, 0.2) is 5.65 Å². The van der Waals surface area contributed by atoms with Crippen LogP contribution >= 0.6 is 0 Å². The molecule has 10 rings (SSSR count). The summed E-state index contributed by atoms with van der Waals surface area (Å²) in [4.78, 5) is 8.92. The molecule has 1 N–H and O–H groups in total. The molecule has 2 aliphatic rings. The van der Waals surface area contributed by atoms with Crippen molar-refractivity contribution >= 4 is 38.4 Å². The first-order chi connectivity index (χ1) is 30.1. The summed E-state index contributed by atoms with van der Waals surface area (Å²) < 4.78 is 46.2. The zero-order valence-electron chi connectivity index (χ0n) is 35.5. The molecule has 12 nitrogen and oxygen atoms in total. The van der Waals surface area contributed by atoms with E-state index in [0.717, 1.165) is 97.4 Å². The Kier molecular flexibility index (Phi) is 11.7. The molecule has 15 heteroatoms. The Bertz CT molecular complexity index is 2920. The van der Waals surface area contributed by atoms with E-state index >= 15 is 8.78 Å². The fourth-order valence-electron chi connectivity index (χ4n) is 9.11. The maximum absolute atomic E-state index is 15.1. The predicted octanol–water partition coefficient (Wildman–Crippen LogP) is 8.26. The van der Waals surface area contributed by atoms with Crippen molar-refractivity contribution in [3.05, 3.63) is 107 Å². The van der Waals surface area contributed by atoms with E-state index in [1.807, 2.05) is 51.4 Å². The molecular weight excluding hydrogens is 792 g/mol. The van der Waals surface area contributed by atoms with Gasteiger partial charge in [-0.2, -0.15) is 20.4 Å². The number of piperidine rings is 2. The van der Waals surface area contributed by atoms with E-state index in [-0.39, 0.29) is 25.0 Å². The Morgan fingerprint density at radius 3 is 2.16 bits per heavy atom. The molecule has 0 saturated carbocycles. The third-order valence-corrected chi connectivity index (χ3v) is 12.6. The lowest BCUT2D eigenvalue weighted by Gasteiger charge is -2.31. The molecule has 2 saturated heterocycles. The smallest absolute Gasteiger partial charge is 0.159 e. The Labute approximate surface area is 357 Å². The first kappa shape index (κ1) is 41.5. The van der Waals surface area contributed by atoms with Gasteiger partial charge in [0.25, 0.3) is 0 Å². The summed E-state index contributed by atoms with van der Waals surface area (Å²) >= 11 is 0. The number of imidazole rings is 1. The van der Waals surface area contributed by atoms with Crippen LogP contribution in [0, 0.1) is 25.5 Å². The van der Waals surface area contributed by atoms with Gasteiger partial charge >= 0.3 is 0 Å². The number of nitrogens with zero attached hydrogens (tertiary/aromatic N) is 11. The molecule has 0 bridgehead atoms. The molecule has 8 aromatic rings. The summed E-state index contributed by atoms with van der Waals surface area (Å²) in [5.41, 5.74) is 9.61. The third kappa shape index (κ3) is 8.36. The van der Waals surface area contributed by atoms with Crippen molar-refractivity contribution in [3.63, 3.8) is 0 Å². The van der Waals surface area contributed by atoms with Crippen LogP contribution in [0.3, 0.4) is 0 Å². The van der Waals surface area contributed by atoms with Crippen molar-refractivity contribution in [2.75, 3.05) is 45.9 Å². The minimum absolute atomic E-state index is 0.196. The summed E-state index contributed by atoms with van der Waals surface area (Å²) in [5, 5.41) is 38.3. The molecule has 2 fully saturated rings. The van der Waals surface area contributed by atoms with Crippen LogP contribution in [0.2, 0.25) is 0 Å². The second-order valence-electron chi connectivity index (χ2n) is 16.7. The van der Waals surface area contributed by atoms with Crippen molar-refractivity contribution in [1.29, 1.82) is 0 Å². The third-order valence-electron chi connectivity index (χ3n) is 12.6. The zero-order valence-corrected chi connectivity index (χ0v) is 35.5. The van der Waals surface area contributed by atoms with Crippen molar-refractivity contribution < 1.29 is 18.3 Å². The minimum Gasteiger partial charge on any atom is -0.392 e. The molecule has 0 atom stereocenters. The second kappa shape index (κ2) is 17.5. The minimum atomic E-state index is -0.391. The van der Waals surface area contributed by atoms with Gasteiger partial charge in [-0.25, -0.2) is 22.7 Å². The monoisotopic (exact) mass is 841 g/mol. The van der Waals surface area contributed by atoms with E-state index in [0.29, 0.717) is 62.4 Å². The quantitative estimate of drug-likeness (QED) is 0.160. The second-order valence-corrected chi connectivity index (χ2v) is 16.7. The van der Waals surface area contributed by atoms with Gasteiger partial charge in [-0.05, 0) is 144 Å². The predicted molar refractivity (Wildman–Crippen MR) is 235 cm³/mol. The van der Waals surface area contributed by atoms with Crippen molar-refractivity contribution in [2.45, 2.75) is 64.9 Å². The molecule has 320 valence electrons. The van der Waals surface area contributed by atoms with Gasteiger partial charge in [0.1, 0.15) is 18.3 Å². The highest BCUT2D eigenvalue weighted by Gasteiger charge is 2.24. The Hall–Kier alpha value is -5.90. The normalized spacial score (nSPS) is 15.9. The summed E-state index contributed by atoms with van der Waals surface area (Å²) in [5.74, 6) is -0.0140. The van der Waals surface area contributed by atoms with E-state index in [2.05, 4.69) is 52.3 Å². The van der Waals surface area contributed by atoms with Gasteiger partial charge in [-0.15, -0.1) is 10.2 Å². The molecule has 0 radical (unpaired) electrons. The Balaban J connectivity index is 0.000000158. The lowest BCUT2D eigenvalue weighted by molar-refractivity contribution is 0.195. The van der Waals surface area contributed by atoms with Gasteiger partial charge in [0, 0.05) is 58.6 Å². The van der Waals surface area contributed by atoms with Crippen LogP contribution in [0.15, 0.2) is 67.0 Å². The summed E-state index contributed by atoms with van der Waals surface area (Å²) in [7, 11) is 1.91. The zero-order chi connectivity index (χ0) is 43.1. The molecule has 0 aliphatic carbocycles. The first-order valence-corrected chi connectivity index (χ1v) is 21.4. The van der Waals surface area contributed by atoms with Crippen molar-refractivity contribution in [1.82, 2.24) is 54.6 Å². The molecule has 3 aromatic carbocycles. The number of aliphatic hydroxyl groups is 1. The summed E-state index contributed by atoms with van der Waals surface area (Å²) in [6.45, 7) is 10.8. The average Bonchev–Trinajstić information content (AvgIpc) is 3.87. The molecule has 0 amide bonds. The molecule has 62 heavy (non-hydrogen) atoms. The van der Waals surface area contributed by atoms with E-state index in [4.69, 9.17) is 0 Å². The highest BCUT2D eigenvalue weighted by molar-refractivity contribution is 5.89. The Morgan fingerprint density at radius 1 is 0.710 bits per heavy atom. The van der Waals surface area contributed by atoms with Crippen LogP contribution in [-0.4, -0.2) is 106 Å². The SMILES string of the molecule is CCN1CCC(c2cc(F)c3cc(-c4cc(C)c5nn(C)cc5c4)nnc3c2)CC1.Cc1cn2nc(-c3cc(F)c4cc(C5CCN(CCF)CC5)nnc4c3)cc(CO)c2n1. The van der Waals surface area contributed by atoms with Gasteiger partial charge in [0.2, 0.25) is 0 Å². The van der Waals surface area contributed by atoms with Crippen LogP contribution in [0.25, 0.3) is 60.9 Å². The summed E-state index contributed by atoms with van der Waals surface area (Å²) in [6.07, 6.45) is 7.59. The molecule has 2 aliphatic heterocycles. The highest BCUT2D eigenvalue weighted by atomic mass is 19.1. The fraction of sp³-hybridized carbons (Fsp3) is 0.383. The Morgan fingerprint density at radius 2 is 1.40 bits per heavy atom. The number of benzene rings is 3. The van der Waals surface area contributed by atoms with Gasteiger partial charge in [0.05, 0.1) is 52.1 Å². The maximum atomic E-state index is 15.1. The van der Waals surface area contributed by atoms with Crippen LogP contribution in [-0.2, 0) is 13.7 Å². The number of likely N-dealkylation sites (tertiary alicyclic amines) is 2. The number of aryl methyl sites for hydroxylation is 3. The van der Waals surface area contributed by atoms with Crippen LogP contribution in [0.1, 0.15) is 72.5 Å². The molecule has 7 heterocycles. The number of aromatic nitrogens is 9. The first-order valence-electron chi connectivity index (χ1n) is 21.4. The lowest BCUT2D eigenvalue weighted by atomic mass is 9.88. The van der Waals surface area contributed by atoms with Gasteiger partial charge < -0.3 is 14.9 Å². The van der Waals surface area contributed by atoms with Crippen molar-refractivity contribution in [3.8, 4) is 22.5 Å². The van der Waals surface area contributed by atoms with Gasteiger partial charge in [-0.3, -0.25) is 4.68 Å².